The summed E-state index contributed by atoms with van der Waals surface area (Å²) in [5, 5.41) is 2.84. The Balaban J connectivity index is 2.42. The maximum atomic E-state index is 11.8. The number of nitrogens with zero attached hydrogens (tertiary/aromatic N) is 1. The van der Waals surface area contributed by atoms with Crippen molar-refractivity contribution < 1.29 is 9.59 Å². The van der Waals surface area contributed by atoms with Gasteiger partial charge < -0.3 is 10.2 Å². The highest BCUT2D eigenvalue weighted by Crippen LogP contribution is 2.15. The molecule has 0 radical (unpaired) electrons. The third-order valence-corrected chi connectivity index (χ3v) is 3.57. The standard InChI is InChI=1S/C10H17BrN2O2/c1-3-9(11)10(15)13-5-4-8(6-13)12-7(2)14/h8-9H,3-6H2,1-2H3,(H,12,14). The molecule has 2 amide bonds. The zero-order valence-corrected chi connectivity index (χ0v) is 10.7. The van der Waals surface area contributed by atoms with Crippen molar-refractivity contribution in [1.29, 1.82) is 0 Å². The zero-order valence-electron chi connectivity index (χ0n) is 9.12. The largest absolute Gasteiger partial charge is 0.352 e. The van der Waals surface area contributed by atoms with E-state index in [0.717, 1.165) is 19.4 Å². The fourth-order valence-corrected chi connectivity index (χ4v) is 2.03. The van der Waals surface area contributed by atoms with Crippen LogP contribution in [0.15, 0.2) is 0 Å². The van der Waals surface area contributed by atoms with E-state index in [1.807, 2.05) is 11.8 Å². The van der Waals surface area contributed by atoms with E-state index in [1.165, 1.54) is 6.92 Å². The van der Waals surface area contributed by atoms with E-state index < -0.39 is 0 Å². The fraction of sp³-hybridized carbons (Fsp3) is 0.800. The molecule has 86 valence electrons. The summed E-state index contributed by atoms with van der Waals surface area (Å²) in [6.07, 6.45) is 1.65. The molecule has 2 atom stereocenters. The smallest absolute Gasteiger partial charge is 0.236 e. The highest BCUT2D eigenvalue weighted by atomic mass is 79.9. The van der Waals surface area contributed by atoms with Crippen LogP contribution < -0.4 is 5.32 Å². The summed E-state index contributed by atoms with van der Waals surface area (Å²) >= 11 is 3.34. The number of halogens is 1. The number of hydrogen-bond donors (Lipinski definition) is 1. The molecule has 2 unspecified atom stereocenters. The summed E-state index contributed by atoms with van der Waals surface area (Å²) in [5.74, 6) is 0.102. The molecule has 1 fully saturated rings. The third kappa shape index (κ3) is 3.48. The van der Waals surface area contributed by atoms with Crippen LogP contribution in [0.5, 0.6) is 0 Å². The summed E-state index contributed by atoms with van der Waals surface area (Å²) < 4.78 is 0. The van der Waals surface area contributed by atoms with Gasteiger partial charge in [0.2, 0.25) is 11.8 Å². The Kier molecular flexibility index (Phi) is 4.57. The predicted molar refractivity (Wildman–Crippen MR) is 61.8 cm³/mol. The van der Waals surface area contributed by atoms with Gasteiger partial charge >= 0.3 is 0 Å². The summed E-state index contributed by atoms with van der Waals surface area (Å²) in [5.41, 5.74) is 0. The molecule has 1 rings (SSSR count). The fourth-order valence-electron chi connectivity index (χ4n) is 1.74. The summed E-state index contributed by atoms with van der Waals surface area (Å²) in [7, 11) is 0. The number of alkyl halides is 1. The van der Waals surface area contributed by atoms with Crippen LogP contribution in [0, 0.1) is 0 Å². The Labute approximate surface area is 98.5 Å². The topological polar surface area (TPSA) is 49.4 Å². The molecular formula is C10H17BrN2O2. The van der Waals surface area contributed by atoms with E-state index in [2.05, 4.69) is 21.2 Å². The normalized spacial score (nSPS) is 22.6. The average Bonchev–Trinajstić information content (AvgIpc) is 2.63. The zero-order chi connectivity index (χ0) is 11.4. The van der Waals surface area contributed by atoms with Crippen LogP contribution in [0.2, 0.25) is 0 Å². The Bertz CT molecular complexity index is 258. The summed E-state index contributed by atoms with van der Waals surface area (Å²) in [6, 6.07) is 0.128. The molecule has 0 aromatic rings. The molecule has 5 heteroatoms. The van der Waals surface area contributed by atoms with Gasteiger partial charge in [-0.1, -0.05) is 22.9 Å². The molecule has 15 heavy (non-hydrogen) atoms. The number of carbonyl (C=O) groups excluding carboxylic acids is 2. The molecule has 4 nitrogen and oxygen atoms in total. The van der Waals surface area contributed by atoms with Crippen molar-refractivity contribution in [2.24, 2.45) is 0 Å². The number of rotatable bonds is 3. The predicted octanol–water partition coefficient (Wildman–Crippen LogP) is 0.897. The number of likely N-dealkylation sites (tertiary alicyclic amines) is 1. The van der Waals surface area contributed by atoms with Crippen LogP contribution in [-0.2, 0) is 9.59 Å². The van der Waals surface area contributed by atoms with Gasteiger partial charge in [-0.2, -0.15) is 0 Å². The van der Waals surface area contributed by atoms with Crippen molar-refractivity contribution in [2.45, 2.75) is 37.6 Å². The van der Waals surface area contributed by atoms with E-state index in [1.54, 1.807) is 0 Å². The minimum Gasteiger partial charge on any atom is -0.352 e. The van der Waals surface area contributed by atoms with Crippen molar-refractivity contribution in [3.63, 3.8) is 0 Å². The number of carbonyl (C=O) groups is 2. The number of amides is 2. The second-order valence-corrected chi connectivity index (χ2v) is 4.95. The SMILES string of the molecule is CCC(Br)C(=O)N1CCC(NC(C)=O)C1. The van der Waals surface area contributed by atoms with E-state index >= 15 is 0 Å². The molecule has 0 bridgehead atoms. The first-order valence-electron chi connectivity index (χ1n) is 5.24. The van der Waals surface area contributed by atoms with Crippen molar-refractivity contribution in [2.75, 3.05) is 13.1 Å². The average molecular weight is 277 g/mol. The Morgan fingerprint density at radius 3 is 2.80 bits per heavy atom. The van der Waals surface area contributed by atoms with Crippen LogP contribution in [0.25, 0.3) is 0 Å². The first-order chi connectivity index (χ1) is 7.04. The molecule has 0 saturated carbocycles. The minimum atomic E-state index is -0.0893. The van der Waals surface area contributed by atoms with Gasteiger partial charge in [0.25, 0.3) is 0 Å². The minimum absolute atomic E-state index is 0.0276. The molecule has 1 N–H and O–H groups in total. The molecule has 1 aliphatic rings. The van der Waals surface area contributed by atoms with Crippen LogP contribution in [0.4, 0.5) is 0 Å². The van der Waals surface area contributed by atoms with Gasteiger partial charge in [-0.3, -0.25) is 9.59 Å². The maximum absolute atomic E-state index is 11.8. The van der Waals surface area contributed by atoms with Gasteiger partial charge in [-0.05, 0) is 12.8 Å². The number of nitrogens with one attached hydrogen (secondary N) is 1. The van der Waals surface area contributed by atoms with E-state index in [9.17, 15) is 9.59 Å². The van der Waals surface area contributed by atoms with Crippen LogP contribution in [-0.4, -0.2) is 40.7 Å². The Morgan fingerprint density at radius 1 is 1.60 bits per heavy atom. The molecule has 1 saturated heterocycles. The molecule has 1 heterocycles. The Morgan fingerprint density at radius 2 is 2.27 bits per heavy atom. The Hall–Kier alpha value is -0.580. The molecule has 0 aromatic carbocycles. The van der Waals surface area contributed by atoms with Crippen molar-refractivity contribution in [1.82, 2.24) is 10.2 Å². The summed E-state index contributed by atoms with van der Waals surface area (Å²) in [6.45, 7) is 4.86. The van der Waals surface area contributed by atoms with Crippen LogP contribution in [0.3, 0.4) is 0 Å². The van der Waals surface area contributed by atoms with E-state index in [0.29, 0.717) is 6.54 Å². The lowest BCUT2D eigenvalue weighted by Gasteiger charge is -2.19. The first kappa shape index (κ1) is 12.5. The van der Waals surface area contributed by atoms with Crippen molar-refractivity contribution in [3.05, 3.63) is 0 Å². The lowest BCUT2D eigenvalue weighted by molar-refractivity contribution is -0.129. The van der Waals surface area contributed by atoms with Gasteiger partial charge in [0.1, 0.15) is 0 Å². The molecular weight excluding hydrogens is 260 g/mol. The van der Waals surface area contributed by atoms with Crippen LogP contribution >= 0.6 is 15.9 Å². The molecule has 0 aromatic heterocycles. The second-order valence-electron chi connectivity index (χ2n) is 3.85. The van der Waals surface area contributed by atoms with E-state index in [4.69, 9.17) is 0 Å². The molecule has 0 spiro atoms. The van der Waals surface area contributed by atoms with E-state index in [-0.39, 0.29) is 22.7 Å². The molecule has 1 aliphatic heterocycles. The van der Waals surface area contributed by atoms with Crippen LogP contribution in [0.1, 0.15) is 26.7 Å². The lowest BCUT2D eigenvalue weighted by atomic mass is 10.2. The number of hydrogen-bond acceptors (Lipinski definition) is 2. The third-order valence-electron chi connectivity index (χ3n) is 2.53. The van der Waals surface area contributed by atoms with Crippen molar-refractivity contribution in [3.8, 4) is 0 Å². The summed E-state index contributed by atoms with van der Waals surface area (Å²) in [4.78, 5) is 24.3. The second kappa shape index (κ2) is 5.49. The van der Waals surface area contributed by atoms with Gasteiger partial charge in [0, 0.05) is 26.1 Å². The van der Waals surface area contributed by atoms with Crippen molar-refractivity contribution >= 4 is 27.7 Å². The van der Waals surface area contributed by atoms with Gasteiger partial charge in [-0.25, -0.2) is 0 Å². The lowest BCUT2D eigenvalue weighted by Crippen LogP contribution is -2.39. The molecule has 0 aliphatic carbocycles. The maximum Gasteiger partial charge on any atom is 0.236 e. The quantitative estimate of drug-likeness (QED) is 0.779. The van der Waals surface area contributed by atoms with Gasteiger partial charge in [0.15, 0.2) is 0 Å². The van der Waals surface area contributed by atoms with Gasteiger partial charge in [0.05, 0.1) is 4.83 Å². The highest BCUT2D eigenvalue weighted by Gasteiger charge is 2.29. The highest BCUT2D eigenvalue weighted by molar-refractivity contribution is 9.10. The monoisotopic (exact) mass is 276 g/mol. The van der Waals surface area contributed by atoms with Gasteiger partial charge in [-0.15, -0.1) is 0 Å². The first-order valence-corrected chi connectivity index (χ1v) is 6.16.